The largest absolute Gasteiger partial charge is 0.454 e. The second kappa shape index (κ2) is 6.26. The van der Waals surface area contributed by atoms with Gasteiger partial charge in [0.05, 0.1) is 17.8 Å². The number of fused-ring (bicyclic) bond motifs is 1. The number of hydrogen-bond donors (Lipinski definition) is 1. The maximum Gasteiger partial charge on any atom is 0.231 e. The van der Waals surface area contributed by atoms with E-state index in [4.69, 9.17) is 21.7 Å². The third-order valence-electron chi connectivity index (χ3n) is 4.57. The molecule has 2 aliphatic heterocycles. The summed E-state index contributed by atoms with van der Waals surface area (Å²) in [4.78, 5) is 7.92. The molecule has 2 unspecified atom stereocenters. The van der Waals surface area contributed by atoms with Crippen LogP contribution in [0.2, 0.25) is 0 Å². The number of benzene rings is 1. The predicted molar refractivity (Wildman–Crippen MR) is 105 cm³/mol. The zero-order chi connectivity index (χ0) is 17.5. The van der Waals surface area contributed by atoms with E-state index in [-0.39, 0.29) is 18.9 Å². The van der Waals surface area contributed by atoms with E-state index in [0.29, 0.717) is 5.11 Å². The van der Waals surface area contributed by atoms with Crippen molar-refractivity contribution in [1.29, 1.82) is 0 Å². The second-order valence-electron chi connectivity index (χ2n) is 6.05. The fourth-order valence-corrected chi connectivity index (χ4v) is 4.61. The zero-order valence-electron chi connectivity index (χ0n) is 13.7. The minimum Gasteiger partial charge on any atom is -0.454 e. The molecule has 26 heavy (non-hydrogen) atoms. The SMILES string of the molecule is S=C1NC(c2ccccn2)C(c2cccs2)N1c1ccc2c(c1)OCO2. The van der Waals surface area contributed by atoms with E-state index in [1.165, 1.54) is 4.88 Å². The molecule has 1 fully saturated rings. The first-order valence-corrected chi connectivity index (χ1v) is 9.54. The molecular formula is C19H15N3O2S2. The van der Waals surface area contributed by atoms with Crippen molar-refractivity contribution in [2.75, 3.05) is 11.7 Å². The molecule has 3 aromatic rings. The third kappa shape index (κ3) is 2.51. The molecule has 0 saturated carbocycles. The first kappa shape index (κ1) is 15.6. The first-order chi connectivity index (χ1) is 12.8. The number of pyridine rings is 1. The molecule has 5 rings (SSSR count). The Bertz CT molecular complexity index is 947. The summed E-state index contributed by atoms with van der Waals surface area (Å²) in [7, 11) is 0. The van der Waals surface area contributed by atoms with Crippen LogP contribution in [0, 0.1) is 0 Å². The van der Waals surface area contributed by atoms with E-state index in [9.17, 15) is 0 Å². The van der Waals surface area contributed by atoms with Crippen LogP contribution in [0.25, 0.3) is 0 Å². The van der Waals surface area contributed by atoms with Crippen molar-refractivity contribution in [2.24, 2.45) is 0 Å². The summed E-state index contributed by atoms with van der Waals surface area (Å²) in [5.74, 6) is 1.51. The Balaban J connectivity index is 1.60. The monoisotopic (exact) mass is 381 g/mol. The summed E-state index contributed by atoms with van der Waals surface area (Å²) in [5, 5.41) is 6.22. The lowest BCUT2D eigenvalue weighted by atomic mass is 10.0. The maximum absolute atomic E-state index is 5.70. The standard InChI is InChI=1S/C19H15N3O2S2/c25-19-21-17(13-4-1-2-8-20-13)18(16-5-3-9-26-16)22(19)12-6-7-14-15(10-12)24-11-23-14/h1-10,17-18H,11H2,(H,21,25). The van der Waals surface area contributed by atoms with Crippen LogP contribution in [-0.2, 0) is 0 Å². The van der Waals surface area contributed by atoms with Crippen molar-refractivity contribution in [3.8, 4) is 11.5 Å². The first-order valence-electron chi connectivity index (χ1n) is 8.25. The topological polar surface area (TPSA) is 46.6 Å². The van der Waals surface area contributed by atoms with Crippen molar-refractivity contribution >= 4 is 34.4 Å². The lowest BCUT2D eigenvalue weighted by Gasteiger charge is -2.27. The maximum atomic E-state index is 5.70. The number of hydrogen-bond acceptors (Lipinski definition) is 5. The van der Waals surface area contributed by atoms with E-state index in [1.54, 1.807) is 11.3 Å². The van der Waals surface area contributed by atoms with Crippen molar-refractivity contribution in [3.05, 3.63) is 70.7 Å². The Morgan fingerprint density at radius 1 is 1.12 bits per heavy atom. The Kier molecular flexibility index (Phi) is 3.76. The van der Waals surface area contributed by atoms with Crippen molar-refractivity contribution in [1.82, 2.24) is 10.3 Å². The second-order valence-corrected chi connectivity index (χ2v) is 7.42. The summed E-state index contributed by atoms with van der Waals surface area (Å²) in [6.07, 6.45) is 1.81. The highest BCUT2D eigenvalue weighted by atomic mass is 32.1. The average molecular weight is 381 g/mol. The number of nitrogens with one attached hydrogen (secondary N) is 1. The smallest absolute Gasteiger partial charge is 0.231 e. The fraction of sp³-hybridized carbons (Fsp3) is 0.158. The lowest BCUT2D eigenvalue weighted by molar-refractivity contribution is 0.174. The number of rotatable bonds is 3. The molecule has 7 heteroatoms. The van der Waals surface area contributed by atoms with Crippen LogP contribution < -0.4 is 19.7 Å². The molecule has 0 bridgehead atoms. The highest BCUT2D eigenvalue weighted by Gasteiger charge is 2.41. The molecule has 130 valence electrons. The number of aromatic nitrogens is 1. The third-order valence-corrected chi connectivity index (χ3v) is 5.82. The van der Waals surface area contributed by atoms with E-state index in [1.807, 2.05) is 42.6 Å². The van der Waals surface area contributed by atoms with Crippen LogP contribution in [-0.4, -0.2) is 16.9 Å². The van der Waals surface area contributed by atoms with Gasteiger partial charge >= 0.3 is 0 Å². The summed E-state index contributed by atoms with van der Waals surface area (Å²) in [6.45, 7) is 0.256. The minimum absolute atomic E-state index is 0.0206. The van der Waals surface area contributed by atoms with Gasteiger partial charge in [-0.25, -0.2) is 0 Å². The van der Waals surface area contributed by atoms with Crippen LogP contribution in [0.1, 0.15) is 22.7 Å². The average Bonchev–Trinajstić information content (AvgIpc) is 3.41. The summed E-state index contributed by atoms with van der Waals surface area (Å²) >= 11 is 7.42. The number of nitrogens with zero attached hydrogens (tertiary/aromatic N) is 2. The molecule has 1 N–H and O–H groups in total. The molecule has 1 saturated heterocycles. The van der Waals surface area contributed by atoms with E-state index in [0.717, 1.165) is 22.9 Å². The predicted octanol–water partition coefficient (Wildman–Crippen LogP) is 4.05. The Morgan fingerprint density at radius 2 is 2.04 bits per heavy atom. The molecule has 2 aliphatic rings. The van der Waals surface area contributed by atoms with Gasteiger partial charge in [-0.2, -0.15) is 0 Å². The lowest BCUT2D eigenvalue weighted by Crippen LogP contribution is -2.29. The van der Waals surface area contributed by atoms with Crippen LogP contribution in [0.3, 0.4) is 0 Å². The van der Waals surface area contributed by atoms with Crippen LogP contribution in [0.4, 0.5) is 5.69 Å². The highest BCUT2D eigenvalue weighted by Crippen LogP contribution is 2.45. The molecule has 2 aromatic heterocycles. The van der Waals surface area contributed by atoms with Crippen molar-refractivity contribution in [3.63, 3.8) is 0 Å². The van der Waals surface area contributed by atoms with Gasteiger partial charge in [0.2, 0.25) is 6.79 Å². The summed E-state index contributed by atoms with van der Waals surface area (Å²) in [5.41, 5.74) is 1.94. The Hall–Kier alpha value is -2.64. The van der Waals surface area contributed by atoms with E-state index >= 15 is 0 Å². The van der Waals surface area contributed by atoms with E-state index in [2.05, 4.69) is 32.7 Å². The van der Waals surface area contributed by atoms with Gasteiger partial charge in [0, 0.05) is 22.8 Å². The molecular weight excluding hydrogens is 366 g/mol. The van der Waals surface area contributed by atoms with Crippen LogP contribution in [0.15, 0.2) is 60.1 Å². The van der Waals surface area contributed by atoms with Gasteiger partial charge in [-0.15, -0.1) is 11.3 Å². The summed E-state index contributed by atoms with van der Waals surface area (Å²) < 4.78 is 11.0. The van der Waals surface area contributed by atoms with Gasteiger partial charge in [0.15, 0.2) is 16.6 Å². The van der Waals surface area contributed by atoms with Gasteiger partial charge in [-0.3, -0.25) is 4.98 Å². The molecule has 0 spiro atoms. The van der Waals surface area contributed by atoms with Crippen LogP contribution in [0.5, 0.6) is 11.5 Å². The summed E-state index contributed by atoms with van der Waals surface area (Å²) in [6, 6.07) is 16.1. The zero-order valence-corrected chi connectivity index (χ0v) is 15.3. The minimum atomic E-state index is -0.0206. The molecule has 5 nitrogen and oxygen atoms in total. The van der Waals surface area contributed by atoms with Gasteiger partial charge in [0.1, 0.15) is 0 Å². The van der Waals surface area contributed by atoms with Gasteiger partial charge in [-0.1, -0.05) is 12.1 Å². The molecule has 4 heterocycles. The highest BCUT2D eigenvalue weighted by molar-refractivity contribution is 7.80. The van der Waals surface area contributed by atoms with Crippen LogP contribution >= 0.6 is 23.6 Å². The van der Waals surface area contributed by atoms with Gasteiger partial charge < -0.3 is 19.7 Å². The van der Waals surface area contributed by atoms with Crippen molar-refractivity contribution in [2.45, 2.75) is 12.1 Å². The van der Waals surface area contributed by atoms with Crippen molar-refractivity contribution < 1.29 is 9.47 Å². The molecule has 2 atom stereocenters. The Labute approximate surface area is 160 Å². The number of thiocarbonyl (C=S) groups is 1. The molecule has 0 radical (unpaired) electrons. The number of ether oxygens (including phenoxy) is 2. The number of anilines is 1. The normalized spacial score (nSPS) is 21.1. The molecule has 0 aliphatic carbocycles. The Morgan fingerprint density at radius 3 is 2.85 bits per heavy atom. The quantitative estimate of drug-likeness (QED) is 0.691. The fourth-order valence-electron chi connectivity index (χ4n) is 3.42. The van der Waals surface area contributed by atoms with Gasteiger partial charge in [-0.05, 0) is 47.9 Å². The number of thiophene rings is 1. The molecule has 0 amide bonds. The van der Waals surface area contributed by atoms with Gasteiger partial charge in [0.25, 0.3) is 0 Å². The van der Waals surface area contributed by atoms with E-state index < -0.39 is 0 Å². The molecule has 1 aromatic carbocycles.